The summed E-state index contributed by atoms with van der Waals surface area (Å²) in [6.45, 7) is 8.55. The van der Waals surface area contributed by atoms with Gasteiger partial charge >= 0.3 is 0 Å². The molecule has 94 valence electrons. The van der Waals surface area contributed by atoms with Gasteiger partial charge in [-0.2, -0.15) is 0 Å². The maximum Gasteiger partial charge on any atom is 0.106 e. The summed E-state index contributed by atoms with van der Waals surface area (Å²) < 4.78 is 0. The number of nitrogens with zero attached hydrogens (tertiary/aromatic N) is 1. The highest BCUT2D eigenvalue weighted by Gasteiger charge is 2.13. The first-order valence-electron chi connectivity index (χ1n) is 6.26. The molecule has 0 aliphatic rings. The van der Waals surface area contributed by atoms with Crippen LogP contribution < -0.4 is 10.6 Å². The zero-order valence-electron chi connectivity index (χ0n) is 11.0. The van der Waals surface area contributed by atoms with E-state index in [1.54, 1.807) is 0 Å². The van der Waals surface area contributed by atoms with Gasteiger partial charge in [0.15, 0.2) is 0 Å². The van der Waals surface area contributed by atoms with Crippen molar-refractivity contribution in [3.8, 4) is 0 Å². The first-order chi connectivity index (χ1) is 8.11. The molecule has 0 atom stereocenters. The maximum atomic E-state index is 5.81. The molecule has 0 spiro atoms. The summed E-state index contributed by atoms with van der Waals surface area (Å²) in [4.78, 5) is 2.85. The predicted octanol–water partition coefficient (Wildman–Crippen LogP) is 3.26. The van der Waals surface area contributed by atoms with Crippen LogP contribution in [0.25, 0.3) is 0 Å². The van der Waals surface area contributed by atoms with Gasteiger partial charge in [-0.25, -0.2) is 0 Å². The summed E-state index contributed by atoms with van der Waals surface area (Å²) in [6.07, 6.45) is 2.39. The number of thiocarbonyl (C=S) groups is 1. The quantitative estimate of drug-likeness (QED) is 0.786. The lowest BCUT2D eigenvalue weighted by molar-refractivity contribution is 0.730. The van der Waals surface area contributed by atoms with Crippen molar-refractivity contribution in [2.75, 3.05) is 18.0 Å². The molecule has 2 N–H and O–H groups in total. The minimum atomic E-state index is 0.485. The molecule has 0 bridgehead atoms. The van der Waals surface area contributed by atoms with Gasteiger partial charge in [-0.1, -0.05) is 37.7 Å². The van der Waals surface area contributed by atoms with E-state index < -0.39 is 0 Å². The fourth-order valence-electron chi connectivity index (χ4n) is 2.05. The van der Waals surface area contributed by atoms with Crippen molar-refractivity contribution < 1.29 is 0 Å². The molecule has 2 nitrogen and oxygen atoms in total. The minimum Gasteiger partial charge on any atom is -0.389 e. The molecule has 1 aromatic carbocycles. The van der Waals surface area contributed by atoms with Gasteiger partial charge in [-0.05, 0) is 31.9 Å². The Morgan fingerprint density at radius 2 is 2.06 bits per heavy atom. The summed E-state index contributed by atoms with van der Waals surface area (Å²) in [5, 5.41) is 0. The van der Waals surface area contributed by atoms with Crippen LogP contribution in [0, 0.1) is 6.92 Å². The lowest BCUT2D eigenvalue weighted by atomic mass is 10.1. The van der Waals surface area contributed by atoms with Crippen molar-refractivity contribution >= 4 is 22.9 Å². The number of benzene rings is 1. The normalized spacial score (nSPS) is 10.3. The minimum absolute atomic E-state index is 0.485. The van der Waals surface area contributed by atoms with E-state index in [2.05, 4.69) is 31.7 Å². The third kappa shape index (κ3) is 3.43. The molecule has 0 heterocycles. The Hall–Kier alpha value is -1.09. The SMILES string of the molecule is CCCCN(CC)c1c(C)cccc1C(N)=S. The lowest BCUT2D eigenvalue weighted by Gasteiger charge is -2.27. The molecule has 0 saturated carbocycles. The van der Waals surface area contributed by atoms with Gasteiger partial charge in [-0.15, -0.1) is 0 Å². The van der Waals surface area contributed by atoms with Gasteiger partial charge in [0.25, 0.3) is 0 Å². The zero-order valence-corrected chi connectivity index (χ0v) is 11.8. The van der Waals surface area contributed by atoms with Crippen LogP contribution in [0.4, 0.5) is 5.69 Å². The van der Waals surface area contributed by atoms with Crippen molar-refractivity contribution in [3.63, 3.8) is 0 Å². The monoisotopic (exact) mass is 250 g/mol. The van der Waals surface area contributed by atoms with Crippen LogP contribution in [0.3, 0.4) is 0 Å². The van der Waals surface area contributed by atoms with Crippen molar-refractivity contribution in [2.45, 2.75) is 33.6 Å². The molecule has 3 heteroatoms. The van der Waals surface area contributed by atoms with E-state index >= 15 is 0 Å². The largest absolute Gasteiger partial charge is 0.389 e. The van der Waals surface area contributed by atoms with Crippen LogP contribution >= 0.6 is 12.2 Å². The number of anilines is 1. The Labute approximate surface area is 110 Å². The number of aryl methyl sites for hydroxylation is 1. The molecular formula is C14H22N2S. The summed E-state index contributed by atoms with van der Waals surface area (Å²) in [6, 6.07) is 6.14. The molecule has 0 fully saturated rings. The van der Waals surface area contributed by atoms with E-state index in [0.717, 1.165) is 18.7 Å². The Morgan fingerprint density at radius 3 is 2.59 bits per heavy atom. The molecule has 17 heavy (non-hydrogen) atoms. The third-order valence-electron chi connectivity index (χ3n) is 2.98. The fraction of sp³-hybridized carbons (Fsp3) is 0.500. The average Bonchev–Trinajstić information content (AvgIpc) is 2.31. The van der Waals surface area contributed by atoms with Gasteiger partial charge < -0.3 is 10.6 Å². The van der Waals surface area contributed by atoms with Gasteiger partial charge in [-0.3, -0.25) is 0 Å². The Morgan fingerprint density at radius 1 is 1.35 bits per heavy atom. The van der Waals surface area contributed by atoms with Crippen LogP contribution in [0.1, 0.15) is 37.8 Å². The van der Waals surface area contributed by atoms with E-state index in [1.165, 1.54) is 24.1 Å². The molecule has 0 unspecified atom stereocenters. The number of unbranched alkanes of at least 4 members (excludes halogenated alkanes) is 1. The van der Waals surface area contributed by atoms with Crippen molar-refractivity contribution in [1.29, 1.82) is 0 Å². The lowest BCUT2D eigenvalue weighted by Crippen LogP contribution is -2.27. The van der Waals surface area contributed by atoms with Crippen LogP contribution in [-0.4, -0.2) is 18.1 Å². The van der Waals surface area contributed by atoms with E-state index in [1.807, 2.05) is 12.1 Å². The van der Waals surface area contributed by atoms with Crippen molar-refractivity contribution in [2.24, 2.45) is 5.73 Å². The van der Waals surface area contributed by atoms with Crippen molar-refractivity contribution in [1.82, 2.24) is 0 Å². The number of hydrogen-bond donors (Lipinski definition) is 1. The smallest absolute Gasteiger partial charge is 0.106 e. The van der Waals surface area contributed by atoms with E-state index in [9.17, 15) is 0 Å². The molecule has 1 aromatic rings. The molecule has 0 aliphatic carbocycles. The topological polar surface area (TPSA) is 29.3 Å². The number of nitrogens with two attached hydrogens (primary N) is 1. The van der Waals surface area contributed by atoms with Gasteiger partial charge in [0.1, 0.15) is 4.99 Å². The number of hydrogen-bond acceptors (Lipinski definition) is 2. The van der Waals surface area contributed by atoms with E-state index in [-0.39, 0.29) is 0 Å². The highest BCUT2D eigenvalue weighted by Crippen LogP contribution is 2.25. The Balaban J connectivity index is 3.11. The second-order valence-corrected chi connectivity index (χ2v) is 4.71. The molecular weight excluding hydrogens is 228 g/mol. The summed E-state index contributed by atoms with van der Waals surface area (Å²) in [7, 11) is 0. The molecule has 1 rings (SSSR count). The Kier molecular flexibility index (Phi) is 5.42. The molecule has 0 radical (unpaired) electrons. The first-order valence-corrected chi connectivity index (χ1v) is 6.67. The summed E-state index contributed by atoms with van der Waals surface area (Å²) in [5.41, 5.74) is 9.26. The standard InChI is InChI=1S/C14H22N2S/c1-4-6-10-16(5-2)13-11(3)8-7-9-12(13)14(15)17/h7-9H,4-6,10H2,1-3H3,(H2,15,17). The van der Waals surface area contributed by atoms with E-state index in [0.29, 0.717) is 4.99 Å². The second-order valence-electron chi connectivity index (χ2n) is 4.27. The van der Waals surface area contributed by atoms with Crippen LogP contribution in [0.2, 0.25) is 0 Å². The van der Waals surface area contributed by atoms with E-state index in [4.69, 9.17) is 18.0 Å². The molecule has 0 aliphatic heterocycles. The maximum absolute atomic E-state index is 5.81. The van der Waals surface area contributed by atoms with Crippen LogP contribution in [-0.2, 0) is 0 Å². The van der Waals surface area contributed by atoms with Gasteiger partial charge in [0.05, 0.1) is 0 Å². The average molecular weight is 250 g/mol. The number of rotatable bonds is 6. The fourth-order valence-corrected chi connectivity index (χ4v) is 2.22. The summed E-state index contributed by atoms with van der Waals surface area (Å²) >= 11 is 5.14. The summed E-state index contributed by atoms with van der Waals surface area (Å²) in [5.74, 6) is 0. The van der Waals surface area contributed by atoms with Crippen molar-refractivity contribution in [3.05, 3.63) is 29.3 Å². The zero-order chi connectivity index (χ0) is 12.8. The first kappa shape index (κ1) is 14.0. The molecule has 0 amide bonds. The highest BCUT2D eigenvalue weighted by atomic mass is 32.1. The third-order valence-corrected chi connectivity index (χ3v) is 3.20. The van der Waals surface area contributed by atoms with Crippen LogP contribution in [0.15, 0.2) is 18.2 Å². The molecule has 0 aromatic heterocycles. The highest BCUT2D eigenvalue weighted by molar-refractivity contribution is 7.80. The van der Waals surface area contributed by atoms with Gasteiger partial charge in [0.2, 0.25) is 0 Å². The molecule has 0 saturated heterocycles. The second kappa shape index (κ2) is 6.60. The number of para-hydroxylation sites is 1. The Bertz CT molecular complexity index is 388. The predicted molar refractivity (Wildman–Crippen MR) is 79.9 cm³/mol. The van der Waals surface area contributed by atoms with Crippen LogP contribution in [0.5, 0.6) is 0 Å². The van der Waals surface area contributed by atoms with Gasteiger partial charge in [0, 0.05) is 24.3 Å².